The lowest BCUT2D eigenvalue weighted by molar-refractivity contribution is -0.365. The van der Waals surface area contributed by atoms with Crippen LogP contribution in [-0.4, -0.2) is 11.7 Å². The van der Waals surface area contributed by atoms with Gasteiger partial charge in [0.15, 0.2) is 0 Å². The molecule has 0 aliphatic carbocycles. The molecule has 0 heterocycles. The van der Waals surface area contributed by atoms with Gasteiger partial charge in [-0.25, -0.2) is 9.98 Å². The molecule has 0 bridgehead atoms. The summed E-state index contributed by atoms with van der Waals surface area (Å²) in [6, 6.07) is 7.74. The Morgan fingerprint density at radius 2 is 1.31 bits per heavy atom. The smallest absolute Gasteiger partial charge is 0.242 e. The maximum Gasteiger partial charge on any atom is 0.242 e. The zero-order valence-electron chi connectivity index (χ0n) is 9.22. The SMILES string of the molecule is CC(N)=[NH+]c1cccc([NH+]=C(C)N)c1.[Br-].[Br-]. The maximum absolute atomic E-state index is 5.53. The molecule has 1 rings (SSSR count). The third-order valence-corrected chi connectivity index (χ3v) is 1.55. The van der Waals surface area contributed by atoms with Crippen molar-refractivity contribution in [1.29, 1.82) is 0 Å². The van der Waals surface area contributed by atoms with E-state index in [0.717, 1.165) is 11.4 Å². The highest BCUT2D eigenvalue weighted by Gasteiger charge is 1.97. The molecule has 0 atom stereocenters. The summed E-state index contributed by atoms with van der Waals surface area (Å²) in [6.45, 7) is 3.61. The van der Waals surface area contributed by atoms with Crippen molar-refractivity contribution in [1.82, 2.24) is 0 Å². The van der Waals surface area contributed by atoms with Gasteiger partial charge in [-0.3, -0.25) is 11.5 Å². The number of halogens is 2. The van der Waals surface area contributed by atoms with Gasteiger partial charge in [0.2, 0.25) is 11.7 Å². The minimum atomic E-state index is 0. The number of hydrogen-bond acceptors (Lipinski definition) is 0. The standard InChI is InChI=1S/C10H14N4.2BrH/c1-7(11)13-9-4-3-5-10(6-9)14-8(2)12;;/h3-6H,1-2H3,(H2,11,13)(H2,12,14);2*1H. The van der Waals surface area contributed by atoms with E-state index in [2.05, 4.69) is 9.98 Å². The highest BCUT2D eigenvalue weighted by molar-refractivity contribution is 5.73. The second-order valence-corrected chi connectivity index (χ2v) is 3.20. The fourth-order valence-corrected chi connectivity index (χ4v) is 1.13. The van der Waals surface area contributed by atoms with E-state index in [4.69, 9.17) is 11.5 Å². The molecule has 0 aromatic heterocycles. The van der Waals surface area contributed by atoms with Crippen molar-refractivity contribution in [2.75, 3.05) is 0 Å². The first-order valence-electron chi connectivity index (χ1n) is 4.40. The Morgan fingerprint density at radius 3 is 1.62 bits per heavy atom. The summed E-state index contributed by atoms with van der Waals surface area (Å²) in [5.74, 6) is 1.33. The third kappa shape index (κ3) is 6.58. The van der Waals surface area contributed by atoms with Gasteiger partial charge in [-0.2, -0.15) is 0 Å². The van der Waals surface area contributed by atoms with Gasteiger partial charge in [0.1, 0.15) is 11.4 Å². The zero-order chi connectivity index (χ0) is 10.6. The van der Waals surface area contributed by atoms with Crippen LogP contribution in [-0.2, 0) is 0 Å². The number of amidine groups is 2. The van der Waals surface area contributed by atoms with E-state index in [-0.39, 0.29) is 34.0 Å². The van der Waals surface area contributed by atoms with Gasteiger partial charge in [-0.1, -0.05) is 6.07 Å². The molecule has 0 amide bonds. The van der Waals surface area contributed by atoms with Crippen molar-refractivity contribution < 1.29 is 43.9 Å². The maximum atomic E-state index is 5.53. The number of rotatable bonds is 2. The van der Waals surface area contributed by atoms with Crippen LogP contribution in [0.4, 0.5) is 11.4 Å². The lowest BCUT2D eigenvalue weighted by Crippen LogP contribution is -3.00. The molecule has 0 fully saturated rings. The first-order valence-corrected chi connectivity index (χ1v) is 4.40. The van der Waals surface area contributed by atoms with Crippen LogP contribution in [0.1, 0.15) is 13.8 Å². The van der Waals surface area contributed by atoms with E-state index >= 15 is 0 Å². The Kier molecular flexibility index (Phi) is 9.08. The zero-order valence-corrected chi connectivity index (χ0v) is 12.4. The monoisotopic (exact) mass is 350 g/mol. The van der Waals surface area contributed by atoms with Crippen molar-refractivity contribution in [2.45, 2.75) is 13.8 Å². The third-order valence-electron chi connectivity index (χ3n) is 1.55. The average Bonchev–Trinajstić information content (AvgIpc) is 2.01. The van der Waals surface area contributed by atoms with E-state index in [1.807, 2.05) is 24.3 Å². The Morgan fingerprint density at radius 1 is 0.938 bits per heavy atom. The van der Waals surface area contributed by atoms with Crippen LogP contribution in [0.25, 0.3) is 0 Å². The van der Waals surface area contributed by atoms with Crippen LogP contribution in [0.3, 0.4) is 0 Å². The largest absolute Gasteiger partial charge is 1.00 e. The molecule has 0 aliphatic rings. The Labute approximate surface area is 116 Å². The summed E-state index contributed by atoms with van der Waals surface area (Å²) in [5.41, 5.74) is 12.9. The van der Waals surface area contributed by atoms with Gasteiger partial charge in [0.05, 0.1) is 0 Å². The molecule has 6 heteroatoms. The molecule has 0 aliphatic heterocycles. The first-order chi connectivity index (χ1) is 6.58. The van der Waals surface area contributed by atoms with Crippen LogP contribution >= 0.6 is 0 Å². The molecule has 1 aromatic rings. The molecule has 6 N–H and O–H groups in total. The Balaban J connectivity index is 0. The molecular weight excluding hydrogens is 336 g/mol. The summed E-state index contributed by atoms with van der Waals surface area (Å²) >= 11 is 0. The first kappa shape index (κ1) is 17.5. The molecule has 0 spiro atoms. The summed E-state index contributed by atoms with van der Waals surface area (Å²) in [5, 5.41) is 0. The molecule has 16 heavy (non-hydrogen) atoms. The number of hydrogen-bond donors (Lipinski definition) is 4. The van der Waals surface area contributed by atoms with Crippen molar-refractivity contribution in [3.8, 4) is 0 Å². The Hall–Kier alpha value is -0.880. The Bertz CT molecular complexity index is 347. The molecule has 90 valence electrons. The lowest BCUT2D eigenvalue weighted by atomic mass is 10.3. The summed E-state index contributed by atoms with van der Waals surface area (Å²) in [7, 11) is 0. The van der Waals surface area contributed by atoms with Crippen LogP contribution in [0, 0.1) is 0 Å². The summed E-state index contributed by atoms with van der Waals surface area (Å²) < 4.78 is 0. The second kappa shape index (κ2) is 8.29. The molecular formula is C10H16Br2N4. The molecule has 0 radical (unpaired) electrons. The number of nitrogens with one attached hydrogen (secondary N) is 2. The van der Waals surface area contributed by atoms with Gasteiger partial charge < -0.3 is 34.0 Å². The molecule has 0 saturated heterocycles. The van der Waals surface area contributed by atoms with E-state index in [1.165, 1.54) is 0 Å². The van der Waals surface area contributed by atoms with Gasteiger partial charge in [-0.15, -0.1) is 0 Å². The quantitative estimate of drug-likeness (QED) is 0.315. The molecule has 1 aromatic carbocycles. The molecule has 0 saturated carbocycles. The van der Waals surface area contributed by atoms with Crippen molar-refractivity contribution >= 4 is 23.0 Å². The van der Waals surface area contributed by atoms with Crippen LogP contribution in [0.15, 0.2) is 24.3 Å². The van der Waals surface area contributed by atoms with E-state index in [1.54, 1.807) is 13.8 Å². The summed E-state index contributed by atoms with van der Waals surface area (Å²) in [6.07, 6.45) is 0. The minimum Gasteiger partial charge on any atom is -1.00 e. The number of benzene rings is 1. The minimum absolute atomic E-state index is 0. The van der Waals surface area contributed by atoms with Gasteiger partial charge in [-0.05, 0) is 12.1 Å². The van der Waals surface area contributed by atoms with E-state index in [9.17, 15) is 0 Å². The second-order valence-electron chi connectivity index (χ2n) is 3.20. The van der Waals surface area contributed by atoms with E-state index in [0.29, 0.717) is 11.7 Å². The highest BCUT2D eigenvalue weighted by atomic mass is 79.9. The normalized spacial score (nSPS) is 11.4. The summed E-state index contributed by atoms with van der Waals surface area (Å²) in [4.78, 5) is 6.05. The van der Waals surface area contributed by atoms with Crippen LogP contribution in [0.5, 0.6) is 0 Å². The highest BCUT2D eigenvalue weighted by Crippen LogP contribution is 2.03. The fourth-order valence-electron chi connectivity index (χ4n) is 1.13. The number of nitrogens with two attached hydrogens (primary N) is 2. The fraction of sp³-hybridized carbons (Fsp3) is 0.200. The average molecular weight is 352 g/mol. The van der Waals surface area contributed by atoms with Gasteiger partial charge in [0, 0.05) is 19.9 Å². The van der Waals surface area contributed by atoms with Crippen molar-refractivity contribution in [3.05, 3.63) is 24.3 Å². The molecule has 0 unspecified atom stereocenters. The predicted molar refractivity (Wildman–Crippen MR) is 57.4 cm³/mol. The predicted octanol–water partition coefficient (Wildman–Crippen LogP) is -8.13. The van der Waals surface area contributed by atoms with Crippen molar-refractivity contribution in [2.24, 2.45) is 11.5 Å². The lowest BCUT2D eigenvalue weighted by Gasteiger charge is -1.93. The topological polar surface area (TPSA) is 80.0 Å². The van der Waals surface area contributed by atoms with Gasteiger partial charge in [0.25, 0.3) is 0 Å². The van der Waals surface area contributed by atoms with Gasteiger partial charge >= 0.3 is 0 Å². The van der Waals surface area contributed by atoms with E-state index < -0.39 is 0 Å². The van der Waals surface area contributed by atoms with Crippen LogP contribution < -0.4 is 55.4 Å². The molecule has 4 nitrogen and oxygen atoms in total. The van der Waals surface area contributed by atoms with Crippen molar-refractivity contribution in [3.63, 3.8) is 0 Å². The van der Waals surface area contributed by atoms with Crippen LogP contribution in [0.2, 0.25) is 0 Å².